The summed E-state index contributed by atoms with van der Waals surface area (Å²) in [6.07, 6.45) is 0. The molecule has 1 aromatic carbocycles. The summed E-state index contributed by atoms with van der Waals surface area (Å²) in [5.74, 6) is 1.05. The van der Waals surface area contributed by atoms with Crippen LogP contribution in [0.25, 0.3) is 10.7 Å². The third-order valence-electron chi connectivity index (χ3n) is 4.21. The van der Waals surface area contributed by atoms with Gasteiger partial charge in [0.2, 0.25) is 21.7 Å². The van der Waals surface area contributed by atoms with Crippen LogP contribution in [0.4, 0.5) is 0 Å². The van der Waals surface area contributed by atoms with E-state index < -0.39 is 10.0 Å². The van der Waals surface area contributed by atoms with Gasteiger partial charge in [-0.2, -0.15) is 9.29 Å². The van der Waals surface area contributed by atoms with Crippen molar-refractivity contribution >= 4 is 21.4 Å². The van der Waals surface area contributed by atoms with Crippen LogP contribution in [0.1, 0.15) is 22.9 Å². The van der Waals surface area contributed by atoms with Crippen LogP contribution >= 0.6 is 11.3 Å². The normalized spacial score (nSPS) is 16.0. The van der Waals surface area contributed by atoms with Crippen molar-refractivity contribution in [3.05, 3.63) is 58.8 Å². The largest absolute Gasteiger partial charge is 0.339 e. The van der Waals surface area contributed by atoms with Crippen LogP contribution in [0.15, 0.2) is 46.3 Å². The molecule has 0 unspecified atom stereocenters. The Labute approximate surface area is 150 Å². The van der Waals surface area contributed by atoms with Gasteiger partial charge in [0, 0.05) is 13.1 Å². The molecule has 1 aliphatic rings. The van der Waals surface area contributed by atoms with Gasteiger partial charge in [-0.3, -0.25) is 0 Å². The second kappa shape index (κ2) is 6.36. The van der Waals surface area contributed by atoms with Crippen LogP contribution in [0.5, 0.6) is 0 Å². The molecular formula is C17H17N3O3S2. The summed E-state index contributed by atoms with van der Waals surface area (Å²) in [5.41, 5.74) is 1.86. The number of aromatic nitrogens is 2. The molecule has 0 radical (unpaired) electrons. The number of thiophene rings is 1. The minimum absolute atomic E-state index is 0.0195. The SMILES string of the molecule is Cc1cccc(CS(=O)(=O)N2CC(c3nc(-c4cccs4)no3)C2)c1. The van der Waals surface area contributed by atoms with E-state index in [1.54, 1.807) is 11.3 Å². The number of hydrogen-bond donors (Lipinski definition) is 0. The minimum Gasteiger partial charge on any atom is -0.339 e. The topological polar surface area (TPSA) is 76.3 Å². The zero-order valence-corrected chi connectivity index (χ0v) is 15.3. The first kappa shape index (κ1) is 16.4. The average molecular weight is 375 g/mol. The maximum Gasteiger partial charge on any atom is 0.232 e. The molecule has 3 heterocycles. The molecule has 0 bridgehead atoms. The van der Waals surface area contributed by atoms with Crippen molar-refractivity contribution in [2.24, 2.45) is 0 Å². The van der Waals surface area contributed by atoms with E-state index in [1.807, 2.05) is 48.7 Å². The van der Waals surface area contributed by atoms with Crippen LogP contribution in [0.2, 0.25) is 0 Å². The van der Waals surface area contributed by atoms with Gasteiger partial charge in [-0.1, -0.05) is 41.1 Å². The van der Waals surface area contributed by atoms with Gasteiger partial charge in [0.15, 0.2) is 0 Å². The molecular weight excluding hydrogens is 358 g/mol. The van der Waals surface area contributed by atoms with Crippen LogP contribution < -0.4 is 0 Å². The van der Waals surface area contributed by atoms with Gasteiger partial charge < -0.3 is 4.52 Å². The summed E-state index contributed by atoms with van der Waals surface area (Å²) in [6, 6.07) is 11.4. The maximum atomic E-state index is 12.5. The second-order valence-electron chi connectivity index (χ2n) is 6.19. The van der Waals surface area contributed by atoms with E-state index >= 15 is 0 Å². The van der Waals surface area contributed by atoms with Gasteiger partial charge in [0.25, 0.3) is 0 Å². The predicted octanol–water partition coefficient (Wildman–Crippen LogP) is 3.04. The Morgan fingerprint density at radius 3 is 2.84 bits per heavy atom. The molecule has 1 aliphatic heterocycles. The number of hydrogen-bond acceptors (Lipinski definition) is 6. The molecule has 1 saturated heterocycles. The molecule has 6 nitrogen and oxygen atoms in total. The summed E-state index contributed by atoms with van der Waals surface area (Å²) >= 11 is 1.54. The van der Waals surface area contributed by atoms with Gasteiger partial charge in [-0.25, -0.2) is 8.42 Å². The first-order valence-corrected chi connectivity index (χ1v) is 10.4. The molecule has 25 heavy (non-hydrogen) atoms. The molecule has 0 saturated carbocycles. The molecule has 2 aromatic heterocycles. The summed E-state index contributed by atoms with van der Waals surface area (Å²) < 4.78 is 31.8. The molecule has 0 atom stereocenters. The van der Waals surface area contributed by atoms with Gasteiger partial charge in [-0.05, 0) is 23.9 Å². The molecule has 8 heteroatoms. The predicted molar refractivity (Wildman–Crippen MR) is 95.7 cm³/mol. The Hall–Kier alpha value is -2.03. The van der Waals surface area contributed by atoms with Crippen molar-refractivity contribution in [2.45, 2.75) is 18.6 Å². The number of nitrogens with zero attached hydrogens (tertiary/aromatic N) is 3. The highest BCUT2D eigenvalue weighted by Gasteiger charge is 2.39. The standard InChI is InChI=1S/C17H17N3O3S2/c1-12-4-2-5-13(8-12)11-25(21,22)20-9-14(10-20)17-18-16(19-23-17)15-6-3-7-24-15/h2-8,14H,9-11H2,1H3. The Bertz CT molecular complexity index is 974. The van der Waals surface area contributed by atoms with E-state index in [0.717, 1.165) is 16.0 Å². The maximum absolute atomic E-state index is 12.5. The van der Waals surface area contributed by atoms with Gasteiger partial charge in [0.05, 0.1) is 16.5 Å². The minimum atomic E-state index is -3.33. The third kappa shape index (κ3) is 3.37. The highest BCUT2D eigenvalue weighted by molar-refractivity contribution is 7.88. The van der Waals surface area contributed by atoms with Crippen LogP contribution in [0.3, 0.4) is 0 Å². The molecule has 0 N–H and O–H groups in total. The van der Waals surface area contributed by atoms with Gasteiger partial charge in [-0.15, -0.1) is 11.3 Å². The molecule has 4 rings (SSSR count). The number of sulfonamides is 1. The van der Waals surface area contributed by atoms with Crippen molar-refractivity contribution in [1.82, 2.24) is 14.4 Å². The van der Waals surface area contributed by atoms with E-state index in [2.05, 4.69) is 10.1 Å². The lowest BCUT2D eigenvalue weighted by molar-refractivity contribution is 0.216. The lowest BCUT2D eigenvalue weighted by atomic mass is 10.0. The van der Waals surface area contributed by atoms with Crippen molar-refractivity contribution in [3.8, 4) is 10.7 Å². The zero-order chi connectivity index (χ0) is 17.4. The Balaban J connectivity index is 1.41. The zero-order valence-electron chi connectivity index (χ0n) is 13.6. The highest BCUT2D eigenvalue weighted by atomic mass is 32.2. The average Bonchev–Trinajstić information content (AvgIpc) is 3.15. The Morgan fingerprint density at radius 1 is 1.28 bits per heavy atom. The van der Waals surface area contributed by atoms with E-state index in [-0.39, 0.29) is 11.7 Å². The second-order valence-corrected chi connectivity index (χ2v) is 9.11. The van der Waals surface area contributed by atoms with Crippen molar-refractivity contribution in [1.29, 1.82) is 0 Å². The summed E-state index contributed by atoms with van der Waals surface area (Å²) in [7, 11) is -3.33. The number of benzene rings is 1. The first-order valence-electron chi connectivity index (χ1n) is 7.92. The van der Waals surface area contributed by atoms with Gasteiger partial charge >= 0.3 is 0 Å². The van der Waals surface area contributed by atoms with E-state index in [9.17, 15) is 8.42 Å². The fourth-order valence-corrected chi connectivity index (χ4v) is 5.08. The molecule has 130 valence electrons. The fourth-order valence-electron chi connectivity index (χ4n) is 2.83. The first-order chi connectivity index (χ1) is 12.0. The summed E-state index contributed by atoms with van der Waals surface area (Å²) in [4.78, 5) is 5.34. The quantitative estimate of drug-likeness (QED) is 0.685. The van der Waals surface area contributed by atoms with Crippen molar-refractivity contribution in [2.75, 3.05) is 13.1 Å². The van der Waals surface area contributed by atoms with Crippen LogP contribution in [-0.2, 0) is 15.8 Å². The lowest BCUT2D eigenvalue weighted by Crippen LogP contribution is -2.48. The smallest absolute Gasteiger partial charge is 0.232 e. The van der Waals surface area contributed by atoms with Crippen molar-refractivity contribution < 1.29 is 12.9 Å². The molecule has 0 amide bonds. The molecule has 3 aromatic rings. The van der Waals surface area contributed by atoms with Crippen LogP contribution in [-0.4, -0.2) is 36.0 Å². The van der Waals surface area contributed by atoms with E-state index in [1.165, 1.54) is 4.31 Å². The highest BCUT2D eigenvalue weighted by Crippen LogP contribution is 2.31. The summed E-state index contributed by atoms with van der Waals surface area (Å²) in [6.45, 7) is 2.73. The van der Waals surface area contributed by atoms with Gasteiger partial charge in [0.1, 0.15) is 0 Å². The third-order valence-corrected chi connectivity index (χ3v) is 6.85. The number of aryl methyl sites for hydroxylation is 1. The molecule has 0 aliphatic carbocycles. The van der Waals surface area contributed by atoms with E-state index in [4.69, 9.17) is 4.52 Å². The Kier molecular flexibility index (Phi) is 4.18. The van der Waals surface area contributed by atoms with Crippen LogP contribution in [0, 0.1) is 6.92 Å². The number of rotatable bonds is 5. The Morgan fingerprint density at radius 2 is 2.12 bits per heavy atom. The summed E-state index contributed by atoms with van der Waals surface area (Å²) in [5, 5.41) is 5.94. The van der Waals surface area contributed by atoms with Crippen molar-refractivity contribution in [3.63, 3.8) is 0 Å². The molecule has 0 spiro atoms. The van der Waals surface area contributed by atoms with E-state index in [0.29, 0.717) is 24.8 Å². The monoisotopic (exact) mass is 375 g/mol. The fraction of sp³-hybridized carbons (Fsp3) is 0.294. The molecule has 1 fully saturated rings. The lowest BCUT2D eigenvalue weighted by Gasteiger charge is -2.35.